The molecule has 0 aliphatic rings. The number of nitrogens with zero attached hydrogens (tertiary/aromatic N) is 1. The molecule has 18 heavy (non-hydrogen) atoms. The van der Waals surface area contributed by atoms with Crippen LogP contribution in [0.1, 0.15) is 5.56 Å². The SMILES string of the molecule is N#Cc1c(-c2ccc(F)cc2)oc2ccccc12. The molecule has 0 N–H and O–H groups in total. The molecule has 1 aromatic heterocycles. The molecule has 3 heteroatoms. The van der Waals surface area contributed by atoms with Gasteiger partial charge in [-0.3, -0.25) is 0 Å². The lowest BCUT2D eigenvalue weighted by Gasteiger charge is -1.96. The smallest absolute Gasteiger partial charge is 0.153 e. The maximum atomic E-state index is 12.9. The van der Waals surface area contributed by atoms with Gasteiger partial charge >= 0.3 is 0 Å². The molecular formula is C15H8FNO. The molecular weight excluding hydrogens is 229 g/mol. The van der Waals surface area contributed by atoms with E-state index in [1.807, 2.05) is 24.3 Å². The van der Waals surface area contributed by atoms with Gasteiger partial charge in [-0.05, 0) is 36.4 Å². The summed E-state index contributed by atoms with van der Waals surface area (Å²) in [4.78, 5) is 0. The molecule has 0 amide bonds. The van der Waals surface area contributed by atoms with Crippen LogP contribution in [0.25, 0.3) is 22.3 Å². The van der Waals surface area contributed by atoms with Gasteiger partial charge in [0.15, 0.2) is 5.76 Å². The van der Waals surface area contributed by atoms with Crippen molar-refractivity contribution in [2.75, 3.05) is 0 Å². The lowest BCUT2D eigenvalue weighted by atomic mass is 10.1. The summed E-state index contributed by atoms with van der Waals surface area (Å²) in [6.45, 7) is 0. The largest absolute Gasteiger partial charge is 0.455 e. The lowest BCUT2D eigenvalue weighted by molar-refractivity contribution is 0.623. The number of halogens is 1. The monoisotopic (exact) mass is 237 g/mol. The van der Waals surface area contributed by atoms with E-state index >= 15 is 0 Å². The van der Waals surface area contributed by atoms with Gasteiger partial charge in [-0.1, -0.05) is 12.1 Å². The van der Waals surface area contributed by atoms with E-state index in [2.05, 4.69) is 6.07 Å². The van der Waals surface area contributed by atoms with E-state index in [1.54, 1.807) is 12.1 Å². The van der Waals surface area contributed by atoms with Crippen LogP contribution in [0.4, 0.5) is 4.39 Å². The number of para-hydroxylation sites is 1. The zero-order valence-corrected chi connectivity index (χ0v) is 9.35. The molecule has 0 radical (unpaired) electrons. The third kappa shape index (κ3) is 1.56. The maximum Gasteiger partial charge on any atom is 0.153 e. The minimum atomic E-state index is -0.312. The standard InChI is InChI=1S/C15H8FNO/c16-11-7-5-10(6-8-11)15-13(9-17)12-3-1-2-4-14(12)18-15/h1-8H. The first kappa shape index (κ1) is 10.5. The van der Waals surface area contributed by atoms with Gasteiger partial charge in [-0.15, -0.1) is 0 Å². The van der Waals surface area contributed by atoms with E-state index in [4.69, 9.17) is 4.42 Å². The molecule has 0 atom stereocenters. The summed E-state index contributed by atoms with van der Waals surface area (Å²) in [5.74, 6) is 0.173. The van der Waals surface area contributed by atoms with E-state index in [0.29, 0.717) is 22.5 Å². The van der Waals surface area contributed by atoms with Crippen molar-refractivity contribution in [2.24, 2.45) is 0 Å². The molecule has 86 valence electrons. The van der Waals surface area contributed by atoms with E-state index in [0.717, 1.165) is 5.39 Å². The van der Waals surface area contributed by atoms with E-state index in [1.165, 1.54) is 12.1 Å². The molecule has 0 unspecified atom stereocenters. The molecule has 0 saturated heterocycles. The Morgan fingerprint density at radius 2 is 1.72 bits per heavy atom. The van der Waals surface area contributed by atoms with Gasteiger partial charge in [-0.2, -0.15) is 5.26 Å². The average Bonchev–Trinajstić information content (AvgIpc) is 2.78. The Kier molecular flexibility index (Phi) is 2.35. The van der Waals surface area contributed by atoms with Crippen LogP contribution in [0.15, 0.2) is 52.9 Å². The summed E-state index contributed by atoms with van der Waals surface area (Å²) in [5, 5.41) is 10.0. The van der Waals surface area contributed by atoms with Crippen LogP contribution in [-0.4, -0.2) is 0 Å². The third-order valence-corrected chi connectivity index (χ3v) is 2.81. The molecule has 0 aliphatic carbocycles. The zero-order chi connectivity index (χ0) is 12.5. The number of fused-ring (bicyclic) bond motifs is 1. The van der Waals surface area contributed by atoms with Crippen molar-refractivity contribution in [3.8, 4) is 17.4 Å². The Bertz CT molecular complexity index is 750. The Morgan fingerprint density at radius 1 is 1.00 bits per heavy atom. The third-order valence-electron chi connectivity index (χ3n) is 2.81. The molecule has 0 spiro atoms. The molecule has 0 bridgehead atoms. The highest BCUT2D eigenvalue weighted by Gasteiger charge is 2.14. The second-order valence-corrected chi connectivity index (χ2v) is 3.92. The molecule has 3 aromatic rings. The summed E-state index contributed by atoms with van der Waals surface area (Å²) >= 11 is 0. The maximum absolute atomic E-state index is 12.9. The van der Waals surface area contributed by atoms with Gasteiger partial charge in [0, 0.05) is 10.9 Å². The summed E-state index contributed by atoms with van der Waals surface area (Å²) in [7, 11) is 0. The fourth-order valence-corrected chi connectivity index (χ4v) is 1.96. The van der Waals surface area contributed by atoms with Gasteiger partial charge in [0.1, 0.15) is 23.0 Å². The van der Waals surface area contributed by atoms with Crippen LogP contribution in [0.5, 0.6) is 0 Å². The highest BCUT2D eigenvalue weighted by Crippen LogP contribution is 2.32. The van der Waals surface area contributed by atoms with Crippen molar-refractivity contribution in [2.45, 2.75) is 0 Å². The number of rotatable bonds is 1. The van der Waals surface area contributed by atoms with Crippen molar-refractivity contribution in [3.63, 3.8) is 0 Å². The Morgan fingerprint density at radius 3 is 2.44 bits per heavy atom. The van der Waals surface area contributed by atoms with Crippen molar-refractivity contribution in [1.82, 2.24) is 0 Å². The van der Waals surface area contributed by atoms with Crippen LogP contribution < -0.4 is 0 Å². The highest BCUT2D eigenvalue weighted by molar-refractivity contribution is 5.90. The number of hydrogen-bond acceptors (Lipinski definition) is 2. The van der Waals surface area contributed by atoms with E-state index in [9.17, 15) is 9.65 Å². The molecule has 2 nitrogen and oxygen atoms in total. The van der Waals surface area contributed by atoms with Gasteiger partial charge in [0.05, 0.1) is 0 Å². The first-order valence-electron chi connectivity index (χ1n) is 5.47. The minimum Gasteiger partial charge on any atom is -0.455 e. The second kappa shape index (κ2) is 4.01. The number of benzene rings is 2. The molecule has 0 fully saturated rings. The predicted molar refractivity (Wildman–Crippen MR) is 66.3 cm³/mol. The van der Waals surface area contributed by atoms with Crippen LogP contribution in [0, 0.1) is 17.1 Å². The van der Waals surface area contributed by atoms with E-state index in [-0.39, 0.29) is 5.82 Å². The van der Waals surface area contributed by atoms with E-state index < -0.39 is 0 Å². The lowest BCUT2D eigenvalue weighted by Crippen LogP contribution is -1.79. The highest BCUT2D eigenvalue weighted by atomic mass is 19.1. The molecule has 0 saturated carbocycles. The molecule has 3 rings (SSSR count). The minimum absolute atomic E-state index is 0.312. The summed E-state index contributed by atoms with van der Waals surface area (Å²) in [6, 6.07) is 15.4. The summed E-state index contributed by atoms with van der Waals surface area (Å²) in [5.41, 5.74) is 1.84. The second-order valence-electron chi connectivity index (χ2n) is 3.92. The van der Waals surface area contributed by atoms with Gasteiger partial charge in [0.25, 0.3) is 0 Å². The van der Waals surface area contributed by atoms with Gasteiger partial charge in [-0.25, -0.2) is 4.39 Å². The Labute approximate surface area is 103 Å². The van der Waals surface area contributed by atoms with Crippen molar-refractivity contribution in [3.05, 3.63) is 59.9 Å². The topological polar surface area (TPSA) is 36.9 Å². The Hall–Kier alpha value is -2.60. The molecule has 1 heterocycles. The molecule has 0 aliphatic heterocycles. The van der Waals surface area contributed by atoms with Crippen LogP contribution >= 0.6 is 0 Å². The van der Waals surface area contributed by atoms with Crippen molar-refractivity contribution < 1.29 is 8.81 Å². The predicted octanol–water partition coefficient (Wildman–Crippen LogP) is 4.11. The van der Waals surface area contributed by atoms with Crippen LogP contribution in [0.3, 0.4) is 0 Å². The van der Waals surface area contributed by atoms with Crippen molar-refractivity contribution >= 4 is 11.0 Å². The number of furan rings is 1. The first-order chi connectivity index (χ1) is 8.79. The fraction of sp³-hybridized carbons (Fsp3) is 0. The normalized spacial score (nSPS) is 10.4. The number of nitriles is 1. The zero-order valence-electron chi connectivity index (χ0n) is 9.35. The average molecular weight is 237 g/mol. The van der Waals surface area contributed by atoms with Gasteiger partial charge in [0.2, 0.25) is 0 Å². The Balaban J connectivity index is 2.29. The molecule has 2 aromatic carbocycles. The van der Waals surface area contributed by atoms with Crippen LogP contribution in [0.2, 0.25) is 0 Å². The van der Waals surface area contributed by atoms with Gasteiger partial charge < -0.3 is 4.42 Å². The van der Waals surface area contributed by atoms with Crippen LogP contribution in [-0.2, 0) is 0 Å². The first-order valence-corrected chi connectivity index (χ1v) is 5.47. The number of hydrogen-bond donors (Lipinski definition) is 0. The summed E-state index contributed by atoms with van der Waals surface area (Å²) in [6.07, 6.45) is 0. The quantitative estimate of drug-likeness (QED) is 0.638. The van der Waals surface area contributed by atoms with Crippen molar-refractivity contribution in [1.29, 1.82) is 5.26 Å². The summed E-state index contributed by atoms with van der Waals surface area (Å²) < 4.78 is 18.6. The fourth-order valence-electron chi connectivity index (χ4n) is 1.96.